The summed E-state index contributed by atoms with van der Waals surface area (Å²) in [7, 11) is 3.84. The first-order valence-electron chi connectivity index (χ1n) is 7.21. The quantitative estimate of drug-likeness (QED) is 0.585. The first-order valence-corrected chi connectivity index (χ1v) is 7.62. The van der Waals surface area contributed by atoms with Crippen molar-refractivity contribution in [2.24, 2.45) is 0 Å². The van der Waals surface area contributed by atoms with E-state index in [2.05, 4.69) is 16.2 Å². The molecule has 2 aromatic carbocycles. The van der Waals surface area contributed by atoms with Crippen molar-refractivity contribution in [2.75, 3.05) is 19.0 Å². The summed E-state index contributed by atoms with van der Waals surface area (Å²) in [4.78, 5) is 25.9. The summed E-state index contributed by atoms with van der Waals surface area (Å²) in [6.45, 7) is 0. The Morgan fingerprint density at radius 1 is 0.833 bits per heavy atom. The standard InChI is InChI=1S/C17H18N4O2S/c1-21(2)14-10-8-13(9-11-14)15(22)18-17(24)20-19-16(23)12-6-4-3-5-7-12/h3-11H,1-2H3,(H,19,23)(H2,18,20,22,24). The maximum Gasteiger partial charge on any atom is 0.269 e. The second kappa shape index (κ2) is 8.07. The van der Waals surface area contributed by atoms with Gasteiger partial charge in [-0.1, -0.05) is 18.2 Å². The topological polar surface area (TPSA) is 73.5 Å². The summed E-state index contributed by atoms with van der Waals surface area (Å²) in [5, 5.41) is 2.52. The van der Waals surface area contributed by atoms with Gasteiger partial charge in [-0.2, -0.15) is 0 Å². The van der Waals surface area contributed by atoms with Crippen molar-refractivity contribution in [3.05, 3.63) is 65.7 Å². The Labute approximate surface area is 145 Å². The number of nitrogens with one attached hydrogen (secondary N) is 3. The van der Waals surface area contributed by atoms with Crippen molar-refractivity contribution in [3.8, 4) is 0 Å². The molecule has 6 nitrogen and oxygen atoms in total. The number of thiocarbonyl (C=S) groups is 1. The highest BCUT2D eigenvalue weighted by Gasteiger charge is 2.09. The van der Waals surface area contributed by atoms with Crippen molar-refractivity contribution in [1.82, 2.24) is 16.2 Å². The Hall–Kier alpha value is -2.93. The normalized spacial score (nSPS) is 9.75. The van der Waals surface area contributed by atoms with Gasteiger partial charge in [0.05, 0.1) is 0 Å². The van der Waals surface area contributed by atoms with Crippen LogP contribution in [0.1, 0.15) is 20.7 Å². The van der Waals surface area contributed by atoms with Crippen LogP contribution in [0.4, 0.5) is 5.69 Å². The second-order valence-corrected chi connectivity index (χ2v) is 5.58. The smallest absolute Gasteiger partial charge is 0.269 e. The Balaban J connectivity index is 1.85. The van der Waals surface area contributed by atoms with Crippen LogP contribution < -0.4 is 21.1 Å². The third-order valence-electron chi connectivity index (χ3n) is 3.20. The number of nitrogens with zero attached hydrogens (tertiary/aromatic N) is 1. The van der Waals surface area contributed by atoms with E-state index in [0.717, 1.165) is 5.69 Å². The van der Waals surface area contributed by atoms with E-state index in [9.17, 15) is 9.59 Å². The Bertz CT molecular complexity index is 730. The molecule has 0 saturated heterocycles. The molecular weight excluding hydrogens is 324 g/mol. The molecule has 0 aliphatic heterocycles. The molecule has 2 rings (SSSR count). The zero-order valence-electron chi connectivity index (χ0n) is 13.4. The summed E-state index contributed by atoms with van der Waals surface area (Å²) in [5.41, 5.74) is 6.88. The number of hydrogen-bond donors (Lipinski definition) is 3. The SMILES string of the molecule is CN(C)c1ccc(C(=O)NC(=S)NNC(=O)c2ccccc2)cc1. The summed E-state index contributed by atoms with van der Waals surface area (Å²) in [5.74, 6) is -0.700. The van der Waals surface area contributed by atoms with Gasteiger partial charge in [0.1, 0.15) is 0 Å². The minimum atomic E-state index is -0.355. The Morgan fingerprint density at radius 2 is 1.42 bits per heavy atom. The van der Waals surface area contributed by atoms with E-state index in [1.165, 1.54) is 0 Å². The highest BCUT2D eigenvalue weighted by atomic mass is 32.1. The highest BCUT2D eigenvalue weighted by molar-refractivity contribution is 7.80. The van der Waals surface area contributed by atoms with Crippen molar-refractivity contribution in [2.45, 2.75) is 0 Å². The van der Waals surface area contributed by atoms with Gasteiger partial charge in [-0.15, -0.1) is 0 Å². The van der Waals surface area contributed by atoms with E-state index in [0.29, 0.717) is 11.1 Å². The number of hydrogen-bond acceptors (Lipinski definition) is 4. The molecule has 0 saturated carbocycles. The predicted molar refractivity (Wildman–Crippen MR) is 97.9 cm³/mol. The van der Waals surface area contributed by atoms with Crippen molar-refractivity contribution < 1.29 is 9.59 Å². The minimum Gasteiger partial charge on any atom is -0.378 e. The van der Waals surface area contributed by atoms with Gasteiger partial charge in [-0.25, -0.2) is 0 Å². The molecule has 0 aromatic heterocycles. The van der Waals surface area contributed by atoms with Crippen LogP contribution in [0.3, 0.4) is 0 Å². The van der Waals surface area contributed by atoms with Gasteiger partial charge in [0.15, 0.2) is 5.11 Å². The number of hydrazine groups is 1. The zero-order valence-corrected chi connectivity index (χ0v) is 14.2. The summed E-state index contributed by atoms with van der Waals surface area (Å²) in [6, 6.07) is 15.8. The average Bonchev–Trinajstić information content (AvgIpc) is 2.60. The second-order valence-electron chi connectivity index (χ2n) is 5.17. The molecule has 0 heterocycles. The van der Waals surface area contributed by atoms with Crippen LogP contribution >= 0.6 is 12.2 Å². The van der Waals surface area contributed by atoms with Gasteiger partial charge in [-0.3, -0.25) is 25.8 Å². The number of carbonyl (C=O) groups excluding carboxylic acids is 2. The molecule has 0 unspecified atom stereocenters. The number of amides is 2. The van der Waals surface area contributed by atoms with Crippen LogP contribution in [-0.2, 0) is 0 Å². The third kappa shape index (κ3) is 4.79. The van der Waals surface area contributed by atoms with Gasteiger partial charge in [-0.05, 0) is 48.6 Å². The molecule has 124 valence electrons. The lowest BCUT2D eigenvalue weighted by Crippen LogP contribution is -2.48. The van der Waals surface area contributed by atoms with E-state index in [-0.39, 0.29) is 16.9 Å². The van der Waals surface area contributed by atoms with Crippen molar-refractivity contribution in [1.29, 1.82) is 0 Å². The maximum absolute atomic E-state index is 12.1. The molecule has 0 aliphatic carbocycles. The van der Waals surface area contributed by atoms with Gasteiger partial charge in [0.2, 0.25) is 0 Å². The van der Waals surface area contributed by atoms with E-state index in [1.807, 2.05) is 37.2 Å². The van der Waals surface area contributed by atoms with Crippen LogP contribution in [0, 0.1) is 0 Å². The predicted octanol–water partition coefficient (Wildman–Crippen LogP) is 1.70. The van der Waals surface area contributed by atoms with Crippen LogP contribution in [0.5, 0.6) is 0 Å². The molecule has 0 radical (unpaired) electrons. The van der Waals surface area contributed by atoms with Crippen LogP contribution in [0.15, 0.2) is 54.6 Å². The van der Waals surface area contributed by atoms with E-state index < -0.39 is 0 Å². The molecule has 24 heavy (non-hydrogen) atoms. The first kappa shape index (κ1) is 17.4. The lowest BCUT2D eigenvalue weighted by molar-refractivity contribution is 0.0934. The summed E-state index contributed by atoms with van der Waals surface area (Å²) >= 11 is 5.00. The van der Waals surface area contributed by atoms with Gasteiger partial charge >= 0.3 is 0 Å². The number of rotatable bonds is 3. The molecule has 0 spiro atoms. The Kier molecular flexibility index (Phi) is 5.86. The average molecular weight is 342 g/mol. The summed E-state index contributed by atoms with van der Waals surface area (Å²) < 4.78 is 0. The monoisotopic (exact) mass is 342 g/mol. The van der Waals surface area contributed by atoms with Crippen LogP contribution in [0.2, 0.25) is 0 Å². The number of carbonyl (C=O) groups is 2. The lowest BCUT2D eigenvalue weighted by Gasteiger charge is -2.13. The van der Waals surface area contributed by atoms with Crippen LogP contribution in [-0.4, -0.2) is 31.0 Å². The molecule has 2 amide bonds. The number of anilines is 1. The van der Waals surface area contributed by atoms with E-state index in [4.69, 9.17) is 12.2 Å². The summed E-state index contributed by atoms with van der Waals surface area (Å²) in [6.07, 6.45) is 0. The van der Waals surface area contributed by atoms with Crippen LogP contribution in [0.25, 0.3) is 0 Å². The van der Waals surface area contributed by atoms with Crippen molar-refractivity contribution in [3.63, 3.8) is 0 Å². The largest absolute Gasteiger partial charge is 0.378 e. The third-order valence-corrected chi connectivity index (χ3v) is 3.40. The highest BCUT2D eigenvalue weighted by Crippen LogP contribution is 2.11. The zero-order chi connectivity index (χ0) is 17.5. The molecule has 0 fully saturated rings. The molecular formula is C17H18N4O2S. The van der Waals surface area contributed by atoms with Gasteiger partial charge in [0.25, 0.3) is 11.8 Å². The molecule has 0 aliphatic rings. The number of benzene rings is 2. The maximum atomic E-state index is 12.1. The fourth-order valence-corrected chi connectivity index (χ4v) is 2.04. The molecule has 2 aromatic rings. The molecule has 0 atom stereocenters. The fourth-order valence-electron chi connectivity index (χ4n) is 1.89. The molecule has 7 heteroatoms. The van der Waals surface area contributed by atoms with E-state index in [1.54, 1.807) is 36.4 Å². The van der Waals surface area contributed by atoms with Crippen molar-refractivity contribution >= 4 is 34.8 Å². The lowest BCUT2D eigenvalue weighted by atomic mass is 10.2. The molecule has 3 N–H and O–H groups in total. The fraction of sp³-hybridized carbons (Fsp3) is 0.118. The Morgan fingerprint density at radius 3 is 2.00 bits per heavy atom. The van der Waals surface area contributed by atoms with Gasteiger partial charge < -0.3 is 4.90 Å². The van der Waals surface area contributed by atoms with Gasteiger partial charge in [0, 0.05) is 30.9 Å². The molecule has 0 bridgehead atoms. The van der Waals surface area contributed by atoms with E-state index >= 15 is 0 Å². The minimum absolute atomic E-state index is 0.0148. The first-order chi connectivity index (χ1) is 11.5.